The maximum absolute atomic E-state index is 13.2. The Kier molecular flexibility index (Phi) is 5.56. The maximum atomic E-state index is 13.2. The third-order valence-electron chi connectivity index (χ3n) is 2.92. The van der Waals surface area contributed by atoms with Crippen LogP contribution in [0.4, 0.5) is 4.39 Å². The topological polar surface area (TPSA) is 21.3 Å². The smallest absolute Gasteiger partial charge is 0.137 e. The lowest BCUT2D eigenvalue weighted by molar-refractivity contribution is 0.302. The molecule has 2 aromatic carbocycles. The first-order valence-corrected chi connectivity index (χ1v) is 7.35. The highest BCUT2D eigenvalue weighted by molar-refractivity contribution is 9.10. The molecule has 0 aliphatic rings. The van der Waals surface area contributed by atoms with E-state index in [2.05, 4.69) is 28.2 Å². The third kappa shape index (κ3) is 4.05. The summed E-state index contributed by atoms with van der Waals surface area (Å²) in [4.78, 5) is 0. The van der Waals surface area contributed by atoms with Crippen LogP contribution in [0.3, 0.4) is 0 Å². The molecule has 20 heavy (non-hydrogen) atoms. The van der Waals surface area contributed by atoms with Crippen molar-refractivity contribution in [1.82, 2.24) is 5.32 Å². The molecule has 0 fully saturated rings. The largest absolute Gasteiger partial charge is 0.489 e. The lowest BCUT2D eigenvalue weighted by atomic mass is 10.2. The van der Waals surface area contributed by atoms with E-state index in [1.807, 2.05) is 24.3 Å². The Balaban J connectivity index is 2.04. The Morgan fingerprint density at radius 1 is 1.20 bits per heavy atom. The highest BCUT2D eigenvalue weighted by atomic mass is 79.9. The minimum absolute atomic E-state index is 0.263. The molecule has 0 radical (unpaired) electrons. The Bertz CT molecular complexity index is 574. The number of hydrogen-bond donors (Lipinski definition) is 1. The number of benzene rings is 2. The summed E-state index contributed by atoms with van der Waals surface area (Å²) in [6, 6.07) is 12.8. The molecule has 2 rings (SSSR count). The first kappa shape index (κ1) is 15.0. The summed E-state index contributed by atoms with van der Waals surface area (Å²) in [5.74, 6) is 0.593. The number of ether oxygens (including phenoxy) is 1. The van der Waals surface area contributed by atoms with Gasteiger partial charge in [-0.25, -0.2) is 4.39 Å². The molecular formula is C16H17BrFNO. The van der Waals surface area contributed by atoms with E-state index in [0.29, 0.717) is 11.1 Å². The van der Waals surface area contributed by atoms with Gasteiger partial charge >= 0.3 is 0 Å². The Labute approximate surface area is 127 Å². The van der Waals surface area contributed by atoms with Gasteiger partial charge in [0.25, 0.3) is 0 Å². The van der Waals surface area contributed by atoms with Crippen molar-refractivity contribution in [3.8, 4) is 5.75 Å². The van der Waals surface area contributed by atoms with E-state index in [1.54, 1.807) is 12.1 Å². The monoisotopic (exact) mass is 337 g/mol. The van der Waals surface area contributed by atoms with Crippen molar-refractivity contribution in [2.45, 2.75) is 20.1 Å². The molecule has 1 N–H and O–H groups in total. The molecule has 0 aliphatic carbocycles. The number of hydrogen-bond acceptors (Lipinski definition) is 2. The summed E-state index contributed by atoms with van der Waals surface area (Å²) >= 11 is 3.18. The van der Waals surface area contributed by atoms with Gasteiger partial charge in [-0.2, -0.15) is 0 Å². The number of halogens is 2. The third-order valence-corrected chi connectivity index (χ3v) is 3.52. The fraction of sp³-hybridized carbons (Fsp3) is 0.250. The minimum Gasteiger partial charge on any atom is -0.489 e. The molecule has 0 aliphatic heterocycles. The van der Waals surface area contributed by atoms with Crippen LogP contribution in [0.2, 0.25) is 0 Å². The van der Waals surface area contributed by atoms with Crippen LogP contribution in [0, 0.1) is 5.82 Å². The highest BCUT2D eigenvalue weighted by Gasteiger charge is 2.04. The van der Waals surface area contributed by atoms with Crippen LogP contribution in [0.1, 0.15) is 18.1 Å². The quantitative estimate of drug-likeness (QED) is 0.849. The van der Waals surface area contributed by atoms with E-state index in [1.165, 1.54) is 6.07 Å². The van der Waals surface area contributed by atoms with E-state index >= 15 is 0 Å². The van der Waals surface area contributed by atoms with Crippen molar-refractivity contribution in [3.05, 3.63) is 63.9 Å². The summed E-state index contributed by atoms with van der Waals surface area (Å²) in [5, 5.41) is 3.28. The van der Waals surface area contributed by atoms with E-state index in [9.17, 15) is 4.39 Å². The lowest BCUT2D eigenvalue weighted by Gasteiger charge is -2.12. The SMILES string of the molecule is CCNCc1ccccc1OCc1ccc(F)c(Br)c1. The minimum atomic E-state index is -0.263. The summed E-state index contributed by atoms with van der Waals surface area (Å²) in [5.41, 5.74) is 2.05. The Hall–Kier alpha value is -1.39. The van der Waals surface area contributed by atoms with Gasteiger partial charge < -0.3 is 10.1 Å². The van der Waals surface area contributed by atoms with Gasteiger partial charge in [0.15, 0.2) is 0 Å². The fourth-order valence-electron chi connectivity index (χ4n) is 1.84. The Morgan fingerprint density at radius 3 is 2.75 bits per heavy atom. The standard InChI is InChI=1S/C16H17BrFNO/c1-2-19-10-13-5-3-4-6-16(13)20-11-12-7-8-15(18)14(17)9-12/h3-9,19H,2,10-11H2,1H3. The van der Waals surface area contributed by atoms with Gasteiger partial charge in [-0.3, -0.25) is 0 Å². The lowest BCUT2D eigenvalue weighted by Crippen LogP contribution is -2.12. The van der Waals surface area contributed by atoms with E-state index in [0.717, 1.165) is 30.0 Å². The van der Waals surface area contributed by atoms with E-state index in [-0.39, 0.29) is 5.82 Å². The molecule has 106 valence electrons. The number of rotatable bonds is 6. The second kappa shape index (κ2) is 7.41. The average Bonchev–Trinajstić information content (AvgIpc) is 2.47. The molecule has 0 aromatic heterocycles. The van der Waals surface area contributed by atoms with Crippen LogP contribution < -0.4 is 10.1 Å². The molecule has 0 bridgehead atoms. The molecule has 0 spiro atoms. The van der Waals surface area contributed by atoms with Gasteiger partial charge in [0, 0.05) is 12.1 Å². The molecule has 2 aromatic rings. The van der Waals surface area contributed by atoms with Crippen molar-refractivity contribution in [3.63, 3.8) is 0 Å². The highest BCUT2D eigenvalue weighted by Crippen LogP contribution is 2.21. The van der Waals surface area contributed by atoms with Crippen molar-refractivity contribution >= 4 is 15.9 Å². The maximum Gasteiger partial charge on any atom is 0.137 e. The molecule has 0 unspecified atom stereocenters. The summed E-state index contributed by atoms with van der Waals surface area (Å²) in [6.45, 7) is 4.18. The molecule has 0 heterocycles. The van der Waals surface area contributed by atoms with Gasteiger partial charge in [0.1, 0.15) is 18.2 Å². The van der Waals surface area contributed by atoms with Crippen molar-refractivity contribution in [2.24, 2.45) is 0 Å². The van der Waals surface area contributed by atoms with Gasteiger partial charge in [0.2, 0.25) is 0 Å². The van der Waals surface area contributed by atoms with Crippen LogP contribution >= 0.6 is 15.9 Å². The number of para-hydroxylation sites is 1. The van der Waals surface area contributed by atoms with Crippen LogP contribution in [0.5, 0.6) is 5.75 Å². The molecule has 0 amide bonds. The average molecular weight is 338 g/mol. The van der Waals surface area contributed by atoms with Crippen LogP contribution in [-0.2, 0) is 13.2 Å². The normalized spacial score (nSPS) is 10.6. The van der Waals surface area contributed by atoms with Crippen molar-refractivity contribution in [2.75, 3.05) is 6.54 Å². The number of nitrogens with one attached hydrogen (secondary N) is 1. The predicted molar refractivity (Wildman–Crippen MR) is 82.3 cm³/mol. The van der Waals surface area contributed by atoms with E-state index in [4.69, 9.17) is 4.74 Å². The van der Waals surface area contributed by atoms with Crippen LogP contribution in [0.25, 0.3) is 0 Å². The molecule has 0 saturated heterocycles. The zero-order valence-corrected chi connectivity index (χ0v) is 12.9. The van der Waals surface area contributed by atoms with E-state index < -0.39 is 0 Å². The molecule has 0 saturated carbocycles. The van der Waals surface area contributed by atoms with Gasteiger partial charge in [0.05, 0.1) is 4.47 Å². The first-order chi connectivity index (χ1) is 9.70. The van der Waals surface area contributed by atoms with Gasteiger partial charge in [-0.15, -0.1) is 0 Å². The predicted octanol–water partition coefficient (Wildman–Crippen LogP) is 4.28. The summed E-state index contributed by atoms with van der Waals surface area (Å²) in [6.07, 6.45) is 0. The van der Waals surface area contributed by atoms with Crippen molar-refractivity contribution < 1.29 is 9.13 Å². The molecular weight excluding hydrogens is 321 g/mol. The second-order valence-electron chi connectivity index (χ2n) is 4.43. The summed E-state index contributed by atoms with van der Waals surface area (Å²) < 4.78 is 19.5. The van der Waals surface area contributed by atoms with Gasteiger partial charge in [-0.05, 0) is 46.2 Å². The van der Waals surface area contributed by atoms with Crippen molar-refractivity contribution in [1.29, 1.82) is 0 Å². The van der Waals surface area contributed by atoms with Crippen LogP contribution in [0.15, 0.2) is 46.9 Å². The first-order valence-electron chi connectivity index (χ1n) is 6.56. The van der Waals surface area contributed by atoms with Gasteiger partial charge in [-0.1, -0.05) is 31.2 Å². The van der Waals surface area contributed by atoms with Crippen LogP contribution in [-0.4, -0.2) is 6.54 Å². The molecule has 2 nitrogen and oxygen atoms in total. The Morgan fingerprint density at radius 2 is 2.00 bits per heavy atom. The second-order valence-corrected chi connectivity index (χ2v) is 5.28. The molecule has 0 atom stereocenters. The zero-order valence-electron chi connectivity index (χ0n) is 11.3. The molecule has 4 heteroatoms. The summed E-state index contributed by atoms with van der Waals surface area (Å²) in [7, 11) is 0. The zero-order chi connectivity index (χ0) is 14.4. The fourth-order valence-corrected chi connectivity index (χ4v) is 2.27.